The minimum atomic E-state index is -3.88. The fourth-order valence-electron chi connectivity index (χ4n) is 2.56. The average molecular weight is 345 g/mol. The maximum absolute atomic E-state index is 13.0. The molecule has 2 N–H and O–H groups in total. The standard InChI is InChI=1S/C16H16BNO5S/c1-11-3-6-13(7-4-11)24(21,22)18-10-15(17(19)20)14-8-5-12(23-2)9-16(14)18/h3-10,19-20H,1-2H3. The highest BCUT2D eigenvalue weighted by atomic mass is 32.2. The Morgan fingerprint density at radius 2 is 1.75 bits per heavy atom. The number of rotatable bonds is 4. The van der Waals surface area contributed by atoms with Crippen LogP contribution in [-0.4, -0.2) is 36.7 Å². The molecule has 0 radical (unpaired) electrons. The van der Waals surface area contributed by atoms with Crippen molar-refractivity contribution >= 4 is 33.5 Å². The highest BCUT2D eigenvalue weighted by Crippen LogP contribution is 2.25. The summed E-state index contributed by atoms with van der Waals surface area (Å²) in [5, 5.41) is 19.5. The van der Waals surface area contributed by atoms with E-state index < -0.39 is 17.1 Å². The molecule has 0 fully saturated rings. The van der Waals surface area contributed by atoms with Crippen LogP contribution in [0.15, 0.2) is 53.6 Å². The number of hydrogen-bond acceptors (Lipinski definition) is 5. The molecule has 0 saturated heterocycles. The number of aryl methyl sites for hydroxylation is 1. The van der Waals surface area contributed by atoms with Gasteiger partial charge in [-0.1, -0.05) is 17.7 Å². The van der Waals surface area contributed by atoms with Crippen molar-refractivity contribution in [1.82, 2.24) is 3.97 Å². The third-order valence-corrected chi connectivity index (χ3v) is 5.55. The maximum atomic E-state index is 13.0. The van der Waals surface area contributed by atoms with Crippen LogP contribution in [0.3, 0.4) is 0 Å². The first-order valence-electron chi connectivity index (χ1n) is 7.22. The normalized spacial score (nSPS) is 11.7. The summed E-state index contributed by atoms with van der Waals surface area (Å²) in [6.45, 7) is 1.87. The molecule has 0 atom stereocenters. The van der Waals surface area contributed by atoms with Gasteiger partial charge in [-0.25, -0.2) is 12.4 Å². The molecule has 0 saturated carbocycles. The summed E-state index contributed by atoms with van der Waals surface area (Å²) in [6, 6.07) is 11.2. The summed E-state index contributed by atoms with van der Waals surface area (Å²) in [4.78, 5) is 0.117. The lowest BCUT2D eigenvalue weighted by Gasteiger charge is -2.08. The average Bonchev–Trinajstić information content (AvgIpc) is 2.94. The largest absolute Gasteiger partial charge is 0.497 e. The van der Waals surface area contributed by atoms with Crippen molar-refractivity contribution in [2.24, 2.45) is 0 Å². The van der Waals surface area contributed by atoms with Crippen molar-refractivity contribution in [2.45, 2.75) is 11.8 Å². The van der Waals surface area contributed by atoms with E-state index in [0.717, 1.165) is 9.54 Å². The van der Waals surface area contributed by atoms with Crippen molar-refractivity contribution in [3.63, 3.8) is 0 Å². The summed E-state index contributed by atoms with van der Waals surface area (Å²) in [5.41, 5.74) is 1.38. The minimum absolute atomic E-state index is 0.114. The van der Waals surface area contributed by atoms with Gasteiger partial charge < -0.3 is 14.8 Å². The van der Waals surface area contributed by atoms with E-state index in [1.165, 1.54) is 25.4 Å². The van der Waals surface area contributed by atoms with E-state index in [1.54, 1.807) is 30.3 Å². The molecular weight excluding hydrogens is 329 g/mol. The maximum Gasteiger partial charge on any atom is 0.490 e. The number of fused-ring (bicyclic) bond motifs is 1. The Morgan fingerprint density at radius 1 is 1.08 bits per heavy atom. The molecule has 3 rings (SSSR count). The quantitative estimate of drug-likeness (QED) is 0.685. The van der Waals surface area contributed by atoms with Gasteiger partial charge >= 0.3 is 7.12 Å². The van der Waals surface area contributed by atoms with E-state index in [4.69, 9.17) is 4.74 Å². The second-order valence-electron chi connectivity index (χ2n) is 5.46. The monoisotopic (exact) mass is 345 g/mol. The van der Waals surface area contributed by atoms with E-state index in [-0.39, 0.29) is 10.4 Å². The van der Waals surface area contributed by atoms with Crippen LogP contribution in [0.25, 0.3) is 10.9 Å². The van der Waals surface area contributed by atoms with Crippen LogP contribution in [0.5, 0.6) is 5.75 Å². The predicted octanol–water partition coefficient (Wildman–Crippen LogP) is 0.875. The van der Waals surface area contributed by atoms with Crippen LogP contribution in [0, 0.1) is 6.92 Å². The molecule has 0 aliphatic carbocycles. The zero-order chi connectivity index (χ0) is 17.5. The molecule has 0 unspecified atom stereocenters. The van der Waals surface area contributed by atoms with Crippen molar-refractivity contribution in [1.29, 1.82) is 0 Å². The first kappa shape index (κ1) is 16.6. The van der Waals surface area contributed by atoms with Gasteiger partial charge in [-0.2, -0.15) is 0 Å². The molecule has 8 heteroatoms. The molecule has 3 aromatic rings. The Hall–Kier alpha value is -2.29. The molecule has 0 bridgehead atoms. The van der Waals surface area contributed by atoms with Crippen LogP contribution in [0.1, 0.15) is 5.56 Å². The first-order chi connectivity index (χ1) is 11.3. The van der Waals surface area contributed by atoms with Crippen molar-refractivity contribution < 1.29 is 23.2 Å². The lowest BCUT2D eigenvalue weighted by molar-refractivity contribution is 0.415. The van der Waals surface area contributed by atoms with Crippen molar-refractivity contribution in [2.75, 3.05) is 7.11 Å². The smallest absolute Gasteiger partial charge is 0.490 e. The summed E-state index contributed by atoms with van der Waals surface area (Å²) in [7, 11) is -4.19. The van der Waals surface area contributed by atoms with Crippen LogP contribution in [0.4, 0.5) is 0 Å². The van der Waals surface area contributed by atoms with Gasteiger partial charge in [0.2, 0.25) is 0 Å². The highest BCUT2D eigenvalue weighted by molar-refractivity contribution is 7.90. The molecule has 6 nitrogen and oxygen atoms in total. The summed E-state index contributed by atoms with van der Waals surface area (Å²) in [5.74, 6) is 0.472. The molecule has 1 heterocycles. The summed E-state index contributed by atoms with van der Waals surface area (Å²) < 4.78 is 32.1. The predicted molar refractivity (Wildman–Crippen MR) is 92.1 cm³/mol. The molecular formula is C16H16BNO5S. The van der Waals surface area contributed by atoms with Gasteiger partial charge in [0.25, 0.3) is 10.0 Å². The molecule has 0 aliphatic heterocycles. The molecule has 24 heavy (non-hydrogen) atoms. The van der Waals surface area contributed by atoms with E-state index in [0.29, 0.717) is 16.7 Å². The van der Waals surface area contributed by atoms with E-state index in [2.05, 4.69) is 0 Å². The third kappa shape index (κ3) is 2.68. The van der Waals surface area contributed by atoms with Gasteiger partial charge in [-0.15, -0.1) is 0 Å². The minimum Gasteiger partial charge on any atom is -0.497 e. The number of hydrogen-bond donors (Lipinski definition) is 2. The number of methoxy groups -OCH3 is 1. The van der Waals surface area contributed by atoms with E-state index in [9.17, 15) is 18.5 Å². The van der Waals surface area contributed by atoms with Crippen LogP contribution in [-0.2, 0) is 10.0 Å². The van der Waals surface area contributed by atoms with Crippen LogP contribution < -0.4 is 10.2 Å². The SMILES string of the molecule is COc1ccc2c(B(O)O)cn(S(=O)(=O)c3ccc(C)cc3)c2c1. The van der Waals surface area contributed by atoms with E-state index in [1.807, 2.05) is 6.92 Å². The number of ether oxygens (including phenoxy) is 1. The first-order valence-corrected chi connectivity index (χ1v) is 8.66. The topological polar surface area (TPSA) is 88.8 Å². The highest BCUT2D eigenvalue weighted by Gasteiger charge is 2.25. The fourth-order valence-corrected chi connectivity index (χ4v) is 3.93. The zero-order valence-electron chi connectivity index (χ0n) is 13.2. The van der Waals surface area contributed by atoms with Gasteiger partial charge in [0.05, 0.1) is 17.5 Å². The lowest BCUT2D eigenvalue weighted by Crippen LogP contribution is -2.29. The zero-order valence-corrected chi connectivity index (χ0v) is 14.0. The molecule has 2 aromatic carbocycles. The Bertz CT molecular complexity index is 993. The molecule has 0 amide bonds. The van der Waals surface area contributed by atoms with Gasteiger partial charge in [-0.05, 0) is 31.2 Å². The molecule has 0 spiro atoms. The Kier molecular flexibility index (Phi) is 4.12. The van der Waals surface area contributed by atoms with Gasteiger partial charge in [0.1, 0.15) is 5.75 Å². The summed E-state index contributed by atoms with van der Waals surface area (Å²) in [6.07, 6.45) is 1.23. The lowest BCUT2D eigenvalue weighted by atomic mass is 9.80. The van der Waals surface area contributed by atoms with Crippen molar-refractivity contribution in [3.05, 3.63) is 54.2 Å². The molecule has 1 aromatic heterocycles. The van der Waals surface area contributed by atoms with Crippen molar-refractivity contribution in [3.8, 4) is 5.75 Å². The Morgan fingerprint density at radius 3 is 2.33 bits per heavy atom. The Labute approximate surface area is 140 Å². The molecule has 0 aliphatic rings. The third-order valence-electron chi connectivity index (χ3n) is 3.87. The Balaban J connectivity index is 2.30. The fraction of sp³-hybridized carbons (Fsp3) is 0.125. The number of benzene rings is 2. The second-order valence-corrected chi connectivity index (χ2v) is 7.27. The van der Waals surface area contributed by atoms with Gasteiger partial charge in [0.15, 0.2) is 0 Å². The van der Waals surface area contributed by atoms with Gasteiger partial charge in [-0.3, -0.25) is 0 Å². The van der Waals surface area contributed by atoms with Crippen LogP contribution >= 0.6 is 0 Å². The van der Waals surface area contributed by atoms with E-state index >= 15 is 0 Å². The second kappa shape index (κ2) is 5.97. The van der Waals surface area contributed by atoms with Gasteiger partial charge in [0, 0.05) is 23.1 Å². The number of aromatic nitrogens is 1. The number of nitrogens with zero attached hydrogens (tertiary/aromatic N) is 1. The van der Waals surface area contributed by atoms with Crippen LogP contribution in [0.2, 0.25) is 0 Å². The molecule has 124 valence electrons. The summed E-state index contributed by atoms with van der Waals surface area (Å²) >= 11 is 0.